The maximum Gasteiger partial charge on any atom is 0.244 e. The molecule has 0 aromatic carbocycles. The van der Waals surface area contributed by atoms with Crippen molar-refractivity contribution in [3.8, 4) is 0 Å². The highest BCUT2D eigenvalue weighted by atomic mass is 16.7. The summed E-state index contributed by atoms with van der Waals surface area (Å²) in [5.74, 6) is -0.145. The van der Waals surface area contributed by atoms with Crippen LogP contribution in [0.5, 0.6) is 0 Å². The van der Waals surface area contributed by atoms with E-state index in [-0.39, 0.29) is 5.91 Å². The van der Waals surface area contributed by atoms with Gasteiger partial charge in [0.1, 0.15) is 11.7 Å². The Morgan fingerprint density at radius 2 is 2.05 bits per heavy atom. The lowest BCUT2D eigenvalue weighted by molar-refractivity contribution is -0.142. The van der Waals surface area contributed by atoms with Crippen LogP contribution in [0.4, 0.5) is 0 Å². The Hall–Kier alpha value is -1.51. The third kappa shape index (κ3) is 5.41. The SMILES string of the molecule is CCOC(OCC)c1cn(C(C)C(=O)NCCOC)nn1. The zero-order valence-electron chi connectivity index (χ0n) is 13.0. The van der Waals surface area contributed by atoms with Crippen LogP contribution in [0.2, 0.25) is 0 Å². The second-order valence-corrected chi connectivity index (χ2v) is 4.33. The number of nitrogens with zero attached hydrogens (tertiary/aromatic N) is 3. The monoisotopic (exact) mass is 300 g/mol. The average Bonchev–Trinajstić information content (AvgIpc) is 2.96. The lowest BCUT2D eigenvalue weighted by Gasteiger charge is -2.14. The van der Waals surface area contributed by atoms with Gasteiger partial charge in [0.15, 0.2) is 0 Å². The van der Waals surface area contributed by atoms with E-state index < -0.39 is 12.3 Å². The van der Waals surface area contributed by atoms with Crippen molar-refractivity contribution in [2.24, 2.45) is 0 Å². The van der Waals surface area contributed by atoms with Crippen LogP contribution in [0.3, 0.4) is 0 Å². The molecule has 1 rings (SSSR count). The first-order chi connectivity index (χ1) is 10.1. The summed E-state index contributed by atoms with van der Waals surface area (Å²) in [6.07, 6.45) is 1.11. The fourth-order valence-electron chi connectivity index (χ4n) is 1.65. The summed E-state index contributed by atoms with van der Waals surface area (Å²) < 4.78 is 17.3. The molecule has 21 heavy (non-hydrogen) atoms. The summed E-state index contributed by atoms with van der Waals surface area (Å²) in [7, 11) is 1.58. The molecule has 1 aromatic heterocycles. The Balaban J connectivity index is 2.65. The fourth-order valence-corrected chi connectivity index (χ4v) is 1.65. The molecule has 0 aliphatic rings. The standard InChI is InChI=1S/C13H24N4O4/c1-5-20-13(21-6-2)11-9-17(16-15-11)10(3)12(18)14-7-8-19-4/h9-10,13H,5-8H2,1-4H3,(H,14,18). The van der Waals surface area contributed by atoms with Crippen molar-refractivity contribution in [2.45, 2.75) is 33.1 Å². The molecule has 1 aromatic rings. The van der Waals surface area contributed by atoms with Gasteiger partial charge in [0.25, 0.3) is 0 Å². The van der Waals surface area contributed by atoms with Gasteiger partial charge in [-0.3, -0.25) is 4.79 Å². The van der Waals surface area contributed by atoms with Crippen LogP contribution in [-0.2, 0) is 19.0 Å². The Bertz CT molecular complexity index is 418. The second-order valence-electron chi connectivity index (χ2n) is 4.33. The lowest BCUT2D eigenvalue weighted by Crippen LogP contribution is -2.33. The normalized spacial score (nSPS) is 12.6. The van der Waals surface area contributed by atoms with Crippen LogP contribution in [-0.4, -0.2) is 54.4 Å². The van der Waals surface area contributed by atoms with Crippen LogP contribution in [0.15, 0.2) is 6.20 Å². The Labute approximate surface area is 124 Å². The molecule has 1 amide bonds. The fraction of sp³-hybridized carbons (Fsp3) is 0.769. The van der Waals surface area contributed by atoms with Crippen LogP contribution in [0, 0.1) is 0 Å². The topological polar surface area (TPSA) is 87.5 Å². The van der Waals surface area contributed by atoms with E-state index in [9.17, 15) is 4.79 Å². The van der Waals surface area contributed by atoms with Gasteiger partial charge in [0, 0.05) is 26.9 Å². The average molecular weight is 300 g/mol. The Kier molecular flexibility index (Phi) is 7.88. The number of carbonyl (C=O) groups excluding carboxylic acids is 1. The van der Waals surface area contributed by atoms with Gasteiger partial charge in [-0.05, 0) is 20.8 Å². The van der Waals surface area contributed by atoms with Crippen molar-refractivity contribution in [2.75, 3.05) is 33.5 Å². The molecule has 120 valence electrons. The van der Waals surface area contributed by atoms with Crippen molar-refractivity contribution < 1.29 is 19.0 Å². The number of carbonyl (C=O) groups is 1. The van der Waals surface area contributed by atoms with Gasteiger partial charge in [-0.25, -0.2) is 4.68 Å². The van der Waals surface area contributed by atoms with Gasteiger partial charge in [0.2, 0.25) is 12.2 Å². The molecule has 0 radical (unpaired) electrons. The zero-order chi connectivity index (χ0) is 15.7. The van der Waals surface area contributed by atoms with Gasteiger partial charge >= 0.3 is 0 Å². The molecule has 1 N–H and O–H groups in total. The predicted molar refractivity (Wildman–Crippen MR) is 75.6 cm³/mol. The van der Waals surface area contributed by atoms with E-state index >= 15 is 0 Å². The number of hydrogen-bond donors (Lipinski definition) is 1. The molecule has 1 heterocycles. The summed E-state index contributed by atoms with van der Waals surface area (Å²) in [4.78, 5) is 11.9. The third-order valence-corrected chi connectivity index (χ3v) is 2.79. The smallest absolute Gasteiger partial charge is 0.244 e. The van der Waals surface area contributed by atoms with Gasteiger partial charge in [-0.1, -0.05) is 5.21 Å². The highest BCUT2D eigenvalue weighted by Gasteiger charge is 2.20. The molecule has 0 aliphatic heterocycles. The molecule has 0 spiro atoms. The van der Waals surface area contributed by atoms with E-state index in [0.29, 0.717) is 32.1 Å². The number of ether oxygens (including phenoxy) is 3. The van der Waals surface area contributed by atoms with Crippen molar-refractivity contribution >= 4 is 5.91 Å². The molecular formula is C13H24N4O4. The van der Waals surface area contributed by atoms with Gasteiger partial charge in [-0.15, -0.1) is 5.10 Å². The first-order valence-corrected chi connectivity index (χ1v) is 7.05. The van der Waals surface area contributed by atoms with Gasteiger partial charge < -0.3 is 19.5 Å². The molecule has 0 aliphatic carbocycles. The largest absolute Gasteiger partial charge is 0.383 e. The number of aromatic nitrogens is 3. The summed E-state index contributed by atoms with van der Waals surface area (Å²) in [6.45, 7) is 7.44. The minimum absolute atomic E-state index is 0.145. The maximum atomic E-state index is 11.9. The summed E-state index contributed by atoms with van der Waals surface area (Å²) in [6, 6.07) is -0.466. The number of rotatable bonds is 10. The van der Waals surface area contributed by atoms with E-state index in [1.807, 2.05) is 13.8 Å². The first kappa shape index (κ1) is 17.5. The highest BCUT2D eigenvalue weighted by Crippen LogP contribution is 2.17. The van der Waals surface area contributed by atoms with Crippen molar-refractivity contribution in [3.63, 3.8) is 0 Å². The number of amides is 1. The van der Waals surface area contributed by atoms with E-state index in [0.717, 1.165) is 0 Å². The Morgan fingerprint density at radius 3 is 2.62 bits per heavy atom. The Morgan fingerprint density at radius 1 is 1.38 bits per heavy atom. The summed E-state index contributed by atoms with van der Waals surface area (Å²) in [5.41, 5.74) is 0.551. The lowest BCUT2D eigenvalue weighted by atomic mass is 10.3. The van der Waals surface area contributed by atoms with Crippen LogP contribution < -0.4 is 5.32 Å². The van der Waals surface area contributed by atoms with Gasteiger partial charge in [0.05, 0.1) is 12.8 Å². The molecule has 0 saturated heterocycles. The number of hydrogen-bond acceptors (Lipinski definition) is 6. The molecule has 1 atom stereocenters. The third-order valence-electron chi connectivity index (χ3n) is 2.79. The first-order valence-electron chi connectivity index (χ1n) is 7.05. The minimum Gasteiger partial charge on any atom is -0.383 e. The predicted octanol–water partition coefficient (Wildman–Crippen LogP) is 0.673. The second kappa shape index (κ2) is 9.43. The summed E-state index contributed by atoms with van der Waals surface area (Å²) >= 11 is 0. The molecule has 0 fully saturated rings. The number of nitrogens with one attached hydrogen (secondary N) is 1. The quantitative estimate of drug-likeness (QED) is 0.505. The molecular weight excluding hydrogens is 276 g/mol. The van der Waals surface area contributed by atoms with Crippen LogP contribution in [0.25, 0.3) is 0 Å². The van der Waals surface area contributed by atoms with Crippen molar-refractivity contribution in [3.05, 3.63) is 11.9 Å². The van der Waals surface area contributed by atoms with Crippen molar-refractivity contribution in [1.29, 1.82) is 0 Å². The van der Waals surface area contributed by atoms with Gasteiger partial charge in [-0.2, -0.15) is 0 Å². The summed E-state index contributed by atoms with van der Waals surface area (Å²) in [5, 5.41) is 10.7. The van der Waals surface area contributed by atoms with Crippen LogP contribution >= 0.6 is 0 Å². The molecule has 8 nitrogen and oxygen atoms in total. The highest BCUT2D eigenvalue weighted by molar-refractivity contribution is 5.79. The van der Waals surface area contributed by atoms with Crippen LogP contribution in [0.1, 0.15) is 38.8 Å². The van der Waals surface area contributed by atoms with E-state index in [2.05, 4.69) is 15.6 Å². The molecule has 1 unspecified atom stereocenters. The van der Waals surface area contributed by atoms with E-state index in [1.54, 1.807) is 20.2 Å². The van der Waals surface area contributed by atoms with E-state index in [1.165, 1.54) is 4.68 Å². The molecule has 8 heteroatoms. The molecule has 0 bridgehead atoms. The van der Waals surface area contributed by atoms with Crippen molar-refractivity contribution in [1.82, 2.24) is 20.3 Å². The minimum atomic E-state index is -0.558. The maximum absolute atomic E-state index is 11.9. The molecule has 0 saturated carbocycles. The van der Waals surface area contributed by atoms with E-state index in [4.69, 9.17) is 14.2 Å². The zero-order valence-corrected chi connectivity index (χ0v) is 13.0. The number of methoxy groups -OCH3 is 1.